The van der Waals surface area contributed by atoms with Crippen molar-refractivity contribution in [2.75, 3.05) is 12.8 Å². The minimum absolute atomic E-state index is 0.158. The molecule has 4 rings (SSSR count). The summed E-state index contributed by atoms with van der Waals surface area (Å²) in [4.78, 5) is 8.36. The molecule has 0 atom stereocenters. The van der Waals surface area contributed by atoms with Gasteiger partial charge in [0.05, 0.1) is 36.3 Å². The molecule has 0 saturated heterocycles. The lowest BCUT2D eigenvalue weighted by molar-refractivity contribution is -0.122. The number of carboxylic acid groups (broad SMARTS) is 1. The first-order valence-electron chi connectivity index (χ1n) is 9.31. The van der Waals surface area contributed by atoms with E-state index in [0.717, 1.165) is 6.20 Å². The van der Waals surface area contributed by atoms with Crippen molar-refractivity contribution < 1.29 is 33.5 Å². The molecule has 170 valence electrons. The highest BCUT2D eigenvalue weighted by Crippen LogP contribution is 2.35. The summed E-state index contributed by atoms with van der Waals surface area (Å²) in [7, 11) is -0.378. The van der Waals surface area contributed by atoms with Crippen molar-refractivity contribution in [1.29, 1.82) is 0 Å². The van der Waals surface area contributed by atoms with E-state index in [1.165, 1.54) is 36.3 Å². The van der Waals surface area contributed by atoms with Crippen LogP contribution in [0, 0.1) is 0 Å². The molecule has 0 unspecified atom stereocenters. The van der Waals surface area contributed by atoms with E-state index in [4.69, 9.17) is 20.4 Å². The van der Waals surface area contributed by atoms with E-state index in [1.54, 1.807) is 18.2 Å². The Kier molecular flexibility index (Phi) is 7.15. The normalized spacial score (nSPS) is 10.6. The number of nitrogens with zero attached hydrogens (tertiary/aromatic N) is 4. The highest BCUT2D eigenvalue weighted by atomic mass is 19.3. The molecule has 2 aromatic heterocycles. The Labute approximate surface area is 186 Å². The Balaban J connectivity index is 0.000000968. The summed E-state index contributed by atoms with van der Waals surface area (Å²) in [5, 5.41) is 38.9. The van der Waals surface area contributed by atoms with Crippen molar-refractivity contribution in [3.63, 3.8) is 0 Å². The van der Waals surface area contributed by atoms with E-state index in [-0.39, 0.29) is 23.2 Å². The molecule has 0 spiro atoms. The first-order valence-corrected chi connectivity index (χ1v) is 9.31. The lowest BCUT2D eigenvalue weighted by Crippen LogP contribution is -2.30. The lowest BCUT2D eigenvalue weighted by Gasteiger charge is -2.17. The quantitative estimate of drug-likeness (QED) is 0.257. The Bertz CT molecular complexity index is 1290. The van der Waals surface area contributed by atoms with Gasteiger partial charge in [0.1, 0.15) is 11.4 Å². The van der Waals surface area contributed by atoms with Gasteiger partial charge in [-0.3, -0.25) is 4.79 Å². The maximum Gasteiger partial charge on any atom is 0.488 e. The average molecular weight is 457 g/mol. The highest BCUT2D eigenvalue weighted by molar-refractivity contribution is 6.58. The van der Waals surface area contributed by atoms with Crippen LogP contribution < -0.4 is 15.9 Å². The van der Waals surface area contributed by atoms with Crippen LogP contribution in [0.4, 0.5) is 14.5 Å². The van der Waals surface area contributed by atoms with Crippen molar-refractivity contribution in [3.8, 4) is 22.6 Å². The summed E-state index contributed by atoms with van der Waals surface area (Å²) in [5.74, 6) is 0.221. The van der Waals surface area contributed by atoms with Crippen LogP contribution in [0.5, 0.6) is 5.75 Å². The molecular formula is C20H18BF2N5O5. The molecule has 4 aromatic rings. The summed E-state index contributed by atoms with van der Waals surface area (Å²) in [6, 6.07) is 8.14. The van der Waals surface area contributed by atoms with Crippen molar-refractivity contribution >= 4 is 35.6 Å². The maximum atomic E-state index is 13.1. The largest absolute Gasteiger partial charge is 0.494 e. The van der Waals surface area contributed by atoms with Crippen LogP contribution in [0.1, 0.15) is 12.0 Å². The molecule has 2 aromatic carbocycles. The molecular weight excluding hydrogens is 439 g/mol. The van der Waals surface area contributed by atoms with Crippen molar-refractivity contribution in [1.82, 2.24) is 20.0 Å². The number of methoxy groups -OCH3 is 1. The van der Waals surface area contributed by atoms with Crippen molar-refractivity contribution in [2.45, 2.75) is 6.43 Å². The number of nitrogens with two attached hydrogens (primary N) is 1. The summed E-state index contributed by atoms with van der Waals surface area (Å²) in [6.07, 6.45) is 1.01. The number of rotatable bonds is 5. The second-order valence-electron chi connectivity index (χ2n) is 6.65. The summed E-state index contributed by atoms with van der Waals surface area (Å²) in [6.45, 7) is -0.250. The Hall–Kier alpha value is -4.10. The van der Waals surface area contributed by atoms with Crippen LogP contribution in [-0.2, 0) is 4.79 Å². The summed E-state index contributed by atoms with van der Waals surface area (Å²) >= 11 is 0. The predicted octanol–water partition coefficient (Wildman–Crippen LogP) is 1.39. The zero-order valence-corrected chi connectivity index (χ0v) is 17.1. The molecule has 0 aliphatic carbocycles. The van der Waals surface area contributed by atoms with Crippen LogP contribution in [0.15, 0.2) is 48.9 Å². The molecule has 0 bridgehead atoms. The summed E-state index contributed by atoms with van der Waals surface area (Å²) < 4.78 is 32.9. The van der Waals surface area contributed by atoms with E-state index >= 15 is 0 Å². The first-order chi connectivity index (χ1) is 15.8. The van der Waals surface area contributed by atoms with Gasteiger partial charge in [0.15, 0.2) is 0 Å². The highest BCUT2D eigenvalue weighted by Gasteiger charge is 2.22. The van der Waals surface area contributed by atoms with Gasteiger partial charge in [0.25, 0.3) is 12.9 Å². The SMILES string of the molecule is COc1cc(B(O)O)cc(-c2ccc3c(N)cnnc3c2)c1-n1cc(C(F)F)cn1.O=CO. The Morgan fingerprint density at radius 1 is 1.21 bits per heavy atom. The topological polar surface area (TPSA) is 157 Å². The zero-order chi connectivity index (χ0) is 24.1. The number of hydrogen-bond donors (Lipinski definition) is 4. The average Bonchev–Trinajstić information content (AvgIpc) is 3.29. The maximum absolute atomic E-state index is 13.1. The molecule has 2 heterocycles. The lowest BCUT2D eigenvalue weighted by atomic mass is 9.78. The van der Waals surface area contributed by atoms with Gasteiger partial charge < -0.3 is 25.6 Å². The van der Waals surface area contributed by atoms with Gasteiger partial charge in [0, 0.05) is 17.1 Å². The first kappa shape index (κ1) is 23.6. The number of nitrogen functional groups attached to an aromatic ring is 1. The number of fused-ring (bicyclic) bond motifs is 1. The van der Waals surface area contributed by atoms with E-state index in [1.807, 2.05) is 0 Å². The molecule has 0 fully saturated rings. The van der Waals surface area contributed by atoms with Gasteiger partial charge in [-0.15, -0.1) is 0 Å². The molecule has 5 N–H and O–H groups in total. The van der Waals surface area contributed by atoms with E-state index in [0.29, 0.717) is 33.4 Å². The van der Waals surface area contributed by atoms with E-state index < -0.39 is 13.5 Å². The fourth-order valence-electron chi connectivity index (χ4n) is 3.21. The Morgan fingerprint density at radius 2 is 1.94 bits per heavy atom. The van der Waals surface area contributed by atoms with Gasteiger partial charge in [-0.25, -0.2) is 13.5 Å². The standard InChI is InChI=1S/C19H16BF2N5O3.CH2O2/c1-30-17-6-12(20(28)29)5-14(18(17)27-9-11(7-25-27)19(21)22)10-2-3-13-15(23)8-24-26-16(13)4-10;2-1-3/h2-9,19,28-29H,1H3,(H2,23,26);1H,(H,2,3). The fourth-order valence-corrected chi connectivity index (χ4v) is 3.21. The third kappa shape index (κ3) is 4.89. The van der Waals surface area contributed by atoms with Gasteiger partial charge in [-0.2, -0.15) is 15.3 Å². The fraction of sp³-hybridized carbons (Fsp3) is 0.100. The molecule has 0 radical (unpaired) electrons. The van der Waals surface area contributed by atoms with Gasteiger partial charge >= 0.3 is 7.12 Å². The number of hydrogen-bond acceptors (Lipinski definition) is 8. The van der Waals surface area contributed by atoms with Gasteiger partial charge in [-0.05, 0) is 29.2 Å². The van der Waals surface area contributed by atoms with Crippen LogP contribution >= 0.6 is 0 Å². The van der Waals surface area contributed by atoms with Crippen molar-refractivity contribution in [2.24, 2.45) is 0 Å². The number of carbonyl (C=O) groups is 1. The molecule has 0 amide bonds. The van der Waals surface area contributed by atoms with Gasteiger partial charge in [0.2, 0.25) is 0 Å². The number of anilines is 1. The van der Waals surface area contributed by atoms with Gasteiger partial charge in [-0.1, -0.05) is 12.1 Å². The van der Waals surface area contributed by atoms with E-state index in [9.17, 15) is 18.8 Å². The number of halogens is 2. The number of benzene rings is 2. The molecule has 13 heteroatoms. The smallest absolute Gasteiger partial charge is 0.488 e. The zero-order valence-electron chi connectivity index (χ0n) is 17.1. The molecule has 10 nitrogen and oxygen atoms in total. The van der Waals surface area contributed by atoms with Crippen molar-refractivity contribution in [3.05, 3.63) is 54.5 Å². The van der Waals surface area contributed by atoms with Crippen LogP contribution in [0.2, 0.25) is 0 Å². The third-order valence-electron chi connectivity index (χ3n) is 4.68. The second-order valence-corrected chi connectivity index (χ2v) is 6.65. The second kappa shape index (κ2) is 10.0. The molecule has 0 aliphatic rings. The van der Waals surface area contributed by atoms with Crippen LogP contribution in [-0.4, -0.2) is 55.8 Å². The van der Waals surface area contributed by atoms with Crippen LogP contribution in [0.25, 0.3) is 27.7 Å². The molecule has 0 saturated carbocycles. The molecule has 33 heavy (non-hydrogen) atoms. The third-order valence-corrected chi connectivity index (χ3v) is 4.68. The number of alkyl halides is 2. The molecule has 0 aliphatic heterocycles. The monoisotopic (exact) mass is 457 g/mol. The number of aromatic nitrogens is 4. The van der Waals surface area contributed by atoms with E-state index in [2.05, 4.69) is 15.3 Å². The minimum atomic E-state index is -2.69. The Morgan fingerprint density at radius 3 is 2.55 bits per heavy atom. The number of ether oxygens (including phenoxy) is 1. The predicted molar refractivity (Wildman–Crippen MR) is 117 cm³/mol. The summed E-state index contributed by atoms with van der Waals surface area (Å²) in [5.41, 5.74) is 8.22. The van der Waals surface area contributed by atoms with Crippen LogP contribution in [0.3, 0.4) is 0 Å². The minimum Gasteiger partial charge on any atom is -0.494 e.